The molecular formula is C15H16FN3O2. The Morgan fingerprint density at radius 2 is 2.05 bits per heavy atom. The standard InChI is InChI=1S/C15H16FN3O2/c1-10-13(16)14(18-9-17-10)19(2)8-7-11-5-3-4-6-12(11)15(20)21/h3-6,9H,7-8H2,1-2H3,(H,20,21). The number of anilines is 1. The van der Waals surface area contributed by atoms with E-state index in [4.69, 9.17) is 5.11 Å². The van der Waals surface area contributed by atoms with Crippen molar-refractivity contribution in [2.24, 2.45) is 0 Å². The smallest absolute Gasteiger partial charge is 0.335 e. The van der Waals surface area contributed by atoms with Crippen LogP contribution in [0.4, 0.5) is 10.2 Å². The molecule has 1 heterocycles. The van der Waals surface area contributed by atoms with E-state index < -0.39 is 11.8 Å². The van der Waals surface area contributed by atoms with Crippen molar-refractivity contribution < 1.29 is 14.3 Å². The average Bonchev–Trinajstić information content (AvgIpc) is 2.47. The van der Waals surface area contributed by atoms with E-state index in [-0.39, 0.29) is 17.1 Å². The van der Waals surface area contributed by atoms with Crippen LogP contribution in [0.3, 0.4) is 0 Å². The van der Waals surface area contributed by atoms with Gasteiger partial charge in [0.1, 0.15) is 6.33 Å². The number of likely N-dealkylation sites (N-methyl/N-ethyl adjacent to an activating group) is 1. The molecule has 0 unspecified atom stereocenters. The monoisotopic (exact) mass is 289 g/mol. The van der Waals surface area contributed by atoms with Crippen LogP contribution < -0.4 is 4.90 Å². The highest BCUT2D eigenvalue weighted by molar-refractivity contribution is 5.89. The van der Waals surface area contributed by atoms with Crippen molar-refractivity contribution in [3.63, 3.8) is 0 Å². The largest absolute Gasteiger partial charge is 0.478 e. The van der Waals surface area contributed by atoms with E-state index in [0.717, 1.165) is 0 Å². The molecule has 0 aliphatic carbocycles. The van der Waals surface area contributed by atoms with Gasteiger partial charge in [-0.1, -0.05) is 18.2 Å². The summed E-state index contributed by atoms with van der Waals surface area (Å²) < 4.78 is 13.9. The fourth-order valence-electron chi connectivity index (χ4n) is 2.05. The lowest BCUT2D eigenvalue weighted by molar-refractivity contribution is 0.0695. The summed E-state index contributed by atoms with van der Waals surface area (Å²) in [5, 5.41) is 9.13. The molecule has 0 saturated heterocycles. The molecule has 0 radical (unpaired) electrons. The first-order valence-electron chi connectivity index (χ1n) is 6.50. The summed E-state index contributed by atoms with van der Waals surface area (Å²) >= 11 is 0. The first-order valence-corrected chi connectivity index (χ1v) is 6.50. The van der Waals surface area contributed by atoms with Gasteiger partial charge in [0.2, 0.25) is 0 Å². The molecule has 0 saturated carbocycles. The molecule has 6 heteroatoms. The highest BCUT2D eigenvalue weighted by Crippen LogP contribution is 2.17. The summed E-state index contributed by atoms with van der Waals surface area (Å²) in [4.78, 5) is 20.5. The van der Waals surface area contributed by atoms with Crippen LogP contribution >= 0.6 is 0 Å². The Balaban J connectivity index is 2.13. The van der Waals surface area contributed by atoms with Gasteiger partial charge in [-0.25, -0.2) is 19.2 Å². The van der Waals surface area contributed by atoms with Gasteiger partial charge >= 0.3 is 5.97 Å². The number of halogens is 1. The Morgan fingerprint density at radius 3 is 2.76 bits per heavy atom. The van der Waals surface area contributed by atoms with Gasteiger partial charge in [-0.15, -0.1) is 0 Å². The first-order chi connectivity index (χ1) is 10.0. The molecule has 0 fully saturated rings. The lowest BCUT2D eigenvalue weighted by Gasteiger charge is -2.19. The number of rotatable bonds is 5. The van der Waals surface area contributed by atoms with Crippen LogP contribution in [0.5, 0.6) is 0 Å². The minimum absolute atomic E-state index is 0.218. The van der Waals surface area contributed by atoms with Crippen molar-refractivity contribution in [3.05, 3.63) is 53.2 Å². The summed E-state index contributed by atoms with van der Waals surface area (Å²) in [6, 6.07) is 6.80. The van der Waals surface area contributed by atoms with E-state index in [2.05, 4.69) is 9.97 Å². The molecule has 21 heavy (non-hydrogen) atoms. The minimum Gasteiger partial charge on any atom is -0.478 e. The molecule has 110 valence electrons. The molecule has 5 nitrogen and oxygen atoms in total. The van der Waals surface area contributed by atoms with Gasteiger partial charge in [-0.2, -0.15) is 0 Å². The number of carboxylic acids is 1. The van der Waals surface area contributed by atoms with Crippen LogP contribution in [-0.2, 0) is 6.42 Å². The van der Waals surface area contributed by atoms with Crippen molar-refractivity contribution in [3.8, 4) is 0 Å². The Labute approximate surface area is 122 Å². The molecule has 2 rings (SSSR count). The SMILES string of the molecule is Cc1ncnc(N(C)CCc2ccccc2C(=O)O)c1F. The van der Waals surface area contributed by atoms with E-state index in [1.165, 1.54) is 6.33 Å². The second-order valence-corrected chi connectivity index (χ2v) is 4.73. The number of carboxylic acid groups (broad SMARTS) is 1. The van der Waals surface area contributed by atoms with Gasteiger partial charge < -0.3 is 10.0 Å². The second-order valence-electron chi connectivity index (χ2n) is 4.73. The van der Waals surface area contributed by atoms with E-state index in [1.807, 2.05) is 0 Å². The summed E-state index contributed by atoms with van der Waals surface area (Å²) in [6.07, 6.45) is 1.80. The third kappa shape index (κ3) is 3.34. The predicted molar refractivity (Wildman–Crippen MR) is 77.1 cm³/mol. The van der Waals surface area contributed by atoms with Crippen LogP contribution in [0.1, 0.15) is 21.6 Å². The second kappa shape index (κ2) is 6.30. The van der Waals surface area contributed by atoms with Gasteiger partial charge in [-0.3, -0.25) is 0 Å². The number of hydrogen-bond acceptors (Lipinski definition) is 4. The van der Waals surface area contributed by atoms with Gasteiger partial charge in [0.05, 0.1) is 11.3 Å². The van der Waals surface area contributed by atoms with Crippen LogP contribution in [0, 0.1) is 12.7 Å². The zero-order valence-corrected chi connectivity index (χ0v) is 11.9. The predicted octanol–water partition coefficient (Wildman–Crippen LogP) is 2.30. The summed E-state index contributed by atoms with van der Waals surface area (Å²) in [7, 11) is 1.72. The molecule has 0 atom stereocenters. The molecule has 0 amide bonds. The third-order valence-electron chi connectivity index (χ3n) is 3.27. The summed E-state index contributed by atoms with van der Waals surface area (Å²) in [5.74, 6) is -1.20. The molecule has 1 aromatic heterocycles. The van der Waals surface area contributed by atoms with Gasteiger partial charge in [0.15, 0.2) is 11.6 Å². The van der Waals surface area contributed by atoms with Crippen LogP contribution in [0.25, 0.3) is 0 Å². The Morgan fingerprint density at radius 1 is 1.33 bits per heavy atom. The van der Waals surface area contributed by atoms with Crippen molar-refractivity contribution in [2.45, 2.75) is 13.3 Å². The minimum atomic E-state index is -0.961. The van der Waals surface area contributed by atoms with Gasteiger partial charge in [0.25, 0.3) is 0 Å². The Bertz CT molecular complexity index is 661. The maximum Gasteiger partial charge on any atom is 0.335 e. The van der Waals surface area contributed by atoms with Crippen molar-refractivity contribution in [1.29, 1.82) is 0 Å². The van der Waals surface area contributed by atoms with Crippen molar-refractivity contribution in [2.75, 3.05) is 18.5 Å². The number of hydrogen-bond donors (Lipinski definition) is 1. The highest BCUT2D eigenvalue weighted by Gasteiger charge is 2.14. The number of carbonyl (C=O) groups is 1. The van der Waals surface area contributed by atoms with E-state index in [0.29, 0.717) is 18.5 Å². The molecule has 1 aromatic carbocycles. The maximum atomic E-state index is 13.9. The van der Waals surface area contributed by atoms with E-state index in [1.54, 1.807) is 43.1 Å². The molecule has 1 N–H and O–H groups in total. The van der Waals surface area contributed by atoms with Gasteiger partial charge in [-0.05, 0) is 25.0 Å². The average molecular weight is 289 g/mol. The molecular weight excluding hydrogens is 273 g/mol. The number of aromatic carboxylic acids is 1. The number of aromatic nitrogens is 2. The van der Waals surface area contributed by atoms with Crippen molar-refractivity contribution >= 4 is 11.8 Å². The van der Waals surface area contributed by atoms with Crippen LogP contribution in [0.15, 0.2) is 30.6 Å². The Kier molecular flexibility index (Phi) is 4.47. The van der Waals surface area contributed by atoms with Crippen LogP contribution in [-0.4, -0.2) is 34.6 Å². The number of aryl methyl sites for hydroxylation is 1. The molecule has 0 bridgehead atoms. The fourth-order valence-corrected chi connectivity index (χ4v) is 2.05. The molecule has 0 spiro atoms. The van der Waals surface area contributed by atoms with Crippen molar-refractivity contribution in [1.82, 2.24) is 9.97 Å². The van der Waals surface area contributed by atoms with E-state index >= 15 is 0 Å². The number of nitrogens with zero attached hydrogens (tertiary/aromatic N) is 3. The zero-order chi connectivity index (χ0) is 15.4. The van der Waals surface area contributed by atoms with E-state index in [9.17, 15) is 9.18 Å². The maximum absolute atomic E-state index is 13.9. The molecule has 0 aliphatic heterocycles. The highest BCUT2D eigenvalue weighted by atomic mass is 19.1. The first kappa shape index (κ1) is 14.9. The number of benzene rings is 1. The van der Waals surface area contributed by atoms with Gasteiger partial charge in [0, 0.05) is 13.6 Å². The summed E-state index contributed by atoms with van der Waals surface area (Å²) in [5.41, 5.74) is 1.27. The third-order valence-corrected chi connectivity index (χ3v) is 3.27. The Hall–Kier alpha value is -2.50. The fraction of sp³-hybridized carbons (Fsp3) is 0.267. The topological polar surface area (TPSA) is 66.3 Å². The molecule has 0 aliphatic rings. The molecule has 2 aromatic rings. The van der Waals surface area contributed by atoms with Crippen LogP contribution in [0.2, 0.25) is 0 Å². The lowest BCUT2D eigenvalue weighted by Crippen LogP contribution is -2.23. The normalized spacial score (nSPS) is 10.4. The quantitative estimate of drug-likeness (QED) is 0.915. The summed E-state index contributed by atoms with van der Waals surface area (Å²) in [6.45, 7) is 2.03. The lowest BCUT2D eigenvalue weighted by atomic mass is 10.0. The zero-order valence-electron chi connectivity index (χ0n) is 11.9.